The van der Waals surface area contributed by atoms with Crippen LogP contribution >= 0.6 is 0 Å². The number of rotatable bonds is 6. The van der Waals surface area contributed by atoms with Crippen molar-refractivity contribution in [2.75, 3.05) is 13.7 Å². The van der Waals surface area contributed by atoms with Crippen LogP contribution < -0.4 is 5.32 Å². The van der Waals surface area contributed by atoms with Crippen LogP contribution in [-0.2, 0) is 11.3 Å². The highest BCUT2D eigenvalue weighted by atomic mass is 16.5. The molecule has 0 saturated heterocycles. The summed E-state index contributed by atoms with van der Waals surface area (Å²) in [4.78, 5) is 0. The summed E-state index contributed by atoms with van der Waals surface area (Å²) >= 11 is 0. The lowest BCUT2D eigenvalue weighted by atomic mass is 10.1. The van der Waals surface area contributed by atoms with Crippen LogP contribution in [0, 0.1) is 11.3 Å². The molecule has 0 saturated carbocycles. The molecule has 0 amide bonds. The summed E-state index contributed by atoms with van der Waals surface area (Å²) in [5.41, 5.74) is 2.10. The third-order valence-corrected chi connectivity index (χ3v) is 2.32. The highest BCUT2D eigenvalue weighted by molar-refractivity contribution is 5.29. The van der Waals surface area contributed by atoms with Crippen molar-refractivity contribution in [3.05, 3.63) is 35.4 Å². The summed E-state index contributed by atoms with van der Waals surface area (Å²) in [5.74, 6) is 0. The van der Waals surface area contributed by atoms with E-state index >= 15 is 0 Å². The first-order valence-corrected chi connectivity index (χ1v) is 5.52. The maximum absolute atomic E-state index is 9.08. The van der Waals surface area contributed by atoms with Crippen LogP contribution in [-0.4, -0.2) is 13.7 Å². The molecule has 0 aliphatic rings. The van der Waals surface area contributed by atoms with Crippen molar-refractivity contribution < 1.29 is 4.74 Å². The minimum Gasteiger partial charge on any atom is -0.380 e. The molecule has 0 aliphatic heterocycles. The fourth-order valence-corrected chi connectivity index (χ4v) is 1.56. The number of nitriles is 1. The number of nitrogens with one attached hydrogen (secondary N) is 1. The minimum absolute atomic E-state index is 0.225. The molecule has 0 aromatic heterocycles. The average Bonchev–Trinajstić information content (AvgIpc) is 2.31. The van der Waals surface area contributed by atoms with Gasteiger partial charge in [-0.15, -0.1) is 0 Å². The number of benzene rings is 1. The first-order chi connectivity index (χ1) is 7.81. The zero-order chi connectivity index (χ0) is 11.8. The summed E-state index contributed by atoms with van der Waals surface area (Å²) in [7, 11) is 1.67. The van der Waals surface area contributed by atoms with E-state index in [1.54, 1.807) is 7.11 Å². The van der Waals surface area contributed by atoms with Gasteiger partial charge in [0.2, 0.25) is 0 Å². The summed E-state index contributed by atoms with van der Waals surface area (Å²) < 4.78 is 5.07. The van der Waals surface area contributed by atoms with Gasteiger partial charge in [0.1, 0.15) is 6.04 Å². The van der Waals surface area contributed by atoms with Gasteiger partial charge in [0.25, 0.3) is 0 Å². The second-order valence-corrected chi connectivity index (χ2v) is 3.69. The number of hydrogen-bond acceptors (Lipinski definition) is 3. The Morgan fingerprint density at radius 3 is 2.94 bits per heavy atom. The van der Waals surface area contributed by atoms with E-state index < -0.39 is 0 Å². The van der Waals surface area contributed by atoms with E-state index in [4.69, 9.17) is 10.00 Å². The zero-order valence-corrected chi connectivity index (χ0v) is 9.86. The molecule has 0 bridgehead atoms. The lowest BCUT2D eigenvalue weighted by Crippen LogP contribution is -2.20. The van der Waals surface area contributed by atoms with Crippen LogP contribution in [0.25, 0.3) is 0 Å². The topological polar surface area (TPSA) is 45.0 Å². The van der Waals surface area contributed by atoms with Gasteiger partial charge in [0, 0.05) is 7.11 Å². The lowest BCUT2D eigenvalue weighted by Gasteiger charge is -2.12. The summed E-state index contributed by atoms with van der Waals surface area (Å²) in [6.07, 6.45) is 1.02. The molecule has 1 N–H and O–H groups in total. The molecule has 3 heteroatoms. The summed E-state index contributed by atoms with van der Waals surface area (Å²) in [5, 5.41) is 12.3. The Kier molecular flexibility index (Phi) is 5.55. The van der Waals surface area contributed by atoms with Gasteiger partial charge in [0.15, 0.2) is 0 Å². The Bertz CT molecular complexity index is 357. The van der Waals surface area contributed by atoms with Crippen LogP contribution in [0.3, 0.4) is 0 Å². The predicted molar refractivity (Wildman–Crippen MR) is 63.8 cm³/mol. The van der Waals surface area contributed by atoms with Gasteiger partial charge < -0.3 is 4.74 Å². The molecule has 0 heterocycles. The van der Waals surface area contributed by atoms with E-state index in [1.807, 2.05) is 24.3 Å². The Balaban J connectivity index is 2.76. The second-order valence-electron chi connectivity index (χ2n) is 3.69. The van der Waals surface area contributed by atoms with Crippen molar-refractivity contribution in [1.29, 1.82) is 5.26 Å². The molecule has 3 nitrogen and oxygen atoms in total. The SMILES string of the molecule is CCCNC(C#N)c1cccc(COC)c1. The van der Waals surface area contributed by atoms with Gasteiger partial charge in [0.05, 0.1) is 12.7 Å². The lowest BCUT2D eigenvalue weighted by molar-refractivity contribution is 0.185. The fourth-order valence-electron chi connectivity index (χ4n) is 1.56. The van der Waals surface area contributed by atoms with E-state index in [9.17, 15) is 0 Å². The molecule has 1 aromatic rings. The maximum Gasteiger partial charge on any atom is 0.121 e. The summed E-state index contributed by atoms with van der Waals surface area (Å²) in [6, 6.07) is 9.99. The molecule has 1 unspecified atom stereocenters. The highest BCUT2D eigenvalue weighted by Gasteiger charge is 2.09. The molecule has 0 fully saturated rings. The Morgan fingerprint density at radius 1 is 1.50 bits per heavy atom. The molecule has 16 heavy (non-hydrogen) atoms. The van der Waals surface area contributed by atoms with Crippen LogP contribution in [0.4, 0.5) is 0 Å². The molecular formula is C13H18N2O. The van der Waals surface area contributed by atoms with E-state index in [1.165, 1.54) is 0 Å². The number of ether oxygens (including phenoxy) is 1. The van der Waals surface area contributed by atoms with Crippen molar-refractivity contribution in [3.63, 3.8) is 0 Å². The number of nitrogens with zero attached hydrogens (tertiary/aromatic N) is 1. The molecule has 86 valence electrons. The van der Waals surface area contributed by atoms with Crippen molar-refractivity contribution >= 4 is 0 Å². The van der Waals surface area contributed by atoms with Crippen molar-refractivity contribution in [1.82, 2.24) is 5.32 Å². The van der Waals surface area contributed by atoms with E-state index in [-0.39, 0.29) is 6.04 Å². The van der Waals surface area contributed by atoms with Crippen molar-refractivity contribution in [3.8, 4) is 6.07 Å². The van der Waals surface area contributed by atoms with Crippen LogP contribution in [0.5, 0.6) is 0 Å². The van der Waals surface area contributed by atoms with E-state index in [0.29, 0.717) is 6.61 Å². The second kappa shape index (κ2) is 7.00. The van der Waals surface area contributed by atoms with Crippen molar-refractivity contribution in [2.45, 2.75) is 26.0 Å². The van der Waals surface area contributed by atoms with Gasteiger partial charge in [-0.1, -0.05) is 31.2 Å². The maximum atomic E-state index is 9.08. The molecule has 0 aliphatic carbocycles. The van der Waals surface area contributed by atoms with Crippen LogP contribution in [0.1, 0.15) is 30.5 Å². The Hall–Kier alpha value is -1.37. The molecule has 1 rings (SSSR count). The van der Waals surface area contributed by atoms with Crippen LogP contribution in [0.2, 0.25) is 0 Å². The molecule has 1 aromatic carbocycles. The smallest absolute Gasteiger partial charge is 0.121 e. The van der Waals surface area contributed by atoms with E-state index in [0.717, 1.165) is 24.1 Å². The van der Waals surface area contributed by atoms with Crippen LogP contribution in [0.15, 0.2) is 24.3 Å². The van der Waals surface area contributed by atoms with Gasteiger partial charge in [-0.25, -0.2) is 0 Å². The quantitative estimate of drug-likeness (QED) is 0.797. The molecule has 1 atom stereocenters. The van der Waals surface area contributed by atoms with E-state index in [2.05, 4.69) is 18.3 Å². The van der Waals surface area contributed by atoms with Gasteiger partial charge in [-0.3, -0.25) is 5.32 Å². The standard InChI is InChI=1S/C13H18N2O/c1-3-7-15-13(9-14)12-6-4-5-11(8-12)10-16-2/h4-6,8,13,15H,3,7,10H2,1-2H3. The predicted octanol–water partition coefficient (Wildman–Crippen LogP) is 2.40. The number of methoxy groups -OCH3 is 1. The normalized spacial score (nSPS) is 12.1. The summed E-state index contributed by atoms with van der Waals surface area (Å²) in [6.45, 7) is 3.52. The fraction of sp³-hybridized carbons (Fsp3) is 0.462. The third-order valence-electron chi connectivity index (χ3n) is 2.32. The Labute approximate surface area is 97.0 Å². The molecule has 0 spiro atoms. The van der Waals surface area contributed by atoms with Gasteiger partial charge >= 0.3 is 0 Å². The average molecular weight is 218 g/mol. The largest absolute Gasteiger partial charge is 0.380 e. The number of hydrogen-bond donors (Lipinski definition) is 1. The first-order valence-electron chi connectivity index (χ1n) is 5.52. The molecule has 0 radical (unpaired) electrons. The molecular weight excluding hydrogens is 200 g/mol. The monoisotopic (exact) mass is 218 g/mol. The zero-order valence-electron chi connectivity index (χ0n) is 9.86. The van der Waals surface area contributed by atoms with Gasteiger partial charge in [-0.05, 0) is 24.1 Å². The third kappa shape index (κ3) is 3.65. The first kappa shape index (κ1) is 12.7. The van der Waals surface area contributed by atoms with Gasteiger partial charge in [-0.2, -0.15) is 5.26 Å². The van der Waals surface area contributed by atoms with Crippen molar-refractivity contribution in [2.24, 2.45) is 0 Å². The minimum atomic E-state index is -0.225. The Morgan fingerprint density at radius 2 is 2.31 bits per heavy atom. The highest BCUT2D eigenvalue weighted by Crippen LogP contribution is 2.14.